The smallest absolute Gasteiger partial charge is 0.241 e. The van der Waals surface area contributed by atoms with Gasteiger partial charge in [0.2, 0.25) is 15.9 Å². The second-order valence-corrected chi connectivity index (χ2v) is 6.26. The van der Waals surface area contributed by atoms with Crippen molar-refractivity contribution in [2.24, 2.45) is 5.14 Å². The van der Waals surface area contributed by atoms with Gasteiger partial charge >= 0.3 is 0 Å². The fourth-order valence-electron chi connectivity index (χ4n) is 2.05. The molecular formula is C12H17N3O3S. The van der Waals surface area contributed by atoms with Crippen LogP contribution in [0.3, 0.4) is 0 Å². The molecule has 6 nitrogen and oxygen atoms in total. The number of nitrogens with two attached hydrogens (primary N) is 1. The molecule has 1 aromatic carbocycles. The molecule has 7 heteroatoms. The van der Waals surface area contributed by atoms with Gasteiger partial charge in [-0.3, -0.25) is 4.79 Å². The normalized spacial score (nSPS) is 19.3. The molecule has 19 heavy (non-hydrogen) atoms. The van der Waals surface area contributed by atoms with Gasteiger partial charge < -0.3 is 10.6 Å². The fourth-order valence-corrected chi connectivity index (χ4v) is 2.71. The van der Waals surface area contributed by atoms with Crippen LogP contribution in [0.15, 0.2) is 24.3 Å². The first-order chi connectivity index (χ1) is 8.94. The number of carbonyl (C=O) groups excluding carboxylic acids is 1. The van der Waals surface area contributed by atoms with Gasteiger partial charge in [0.15, 0.2) is 0 Å². The Bertz CT molecular complexity index is 548. The van der Waals surface area contributed by atoms with Crippen molar-refractivity contribution >= 4 is 21.6 Å². The zero-order valence-corrected chi connectivity index (χ0v) is 11.2. The lowest BCUT2D eigenvalue weighted by atomic mass is 10.2. The first kappa shape index (κ1) is 14.0. The minimum atomic E-state index is -3.52. The summed E-state index contributed by atoms with van der Waals surface area (Å²) in [4.78, 5) is 11.8. The van der Waals surface area contributed by atoms with Gasteiger partial charge in [-0.05, 0) is 37.1 Å². The van der Waals surface area contributed by atoms with E-state index in [0.717, 1.165) is 19.4 Å². The summed E-state index contributed by atoms with van der Waals surface area (Å²) in [7, 11) is -3.52. The van der Waals surface area contributed by atoms with Crippen LogP contribution in [0.25, 0.3) is 0 Å². The molecule has 104 valence electrons. The number of benzene rings is 1. The molecule has 1 amide bonds. The molecule has 1 aliphatic rings. The monoisotopic (exact) mass is 283 g/mol. The van der Waals surface area contributed by atoms with E-state index < -0.39 is 10.0 Å². The van der Waals surface area contributed by atoms with Crippen LogP contribution in [0.2, 0.25) is 0 Å². The van der Waals surface area contributed by atoms with E-state index in [-0.39, 0.29) is 17.7 Å². The third-order valence-corrected chi connectivity index (χ3v) is 3.70. The van der Waals surface area contributed by atoms with Crippen LogP contribution in [-0.4, -0.2) is 26.9 Å². The van der Waals surface area contributed by atoms with Gasteiger partial charge in [-0.25, -0.2) is 13.6 Å². The van der Waals surface area contributed by atoms with Gasteiger partial charge in [-0.2, -0.15) is 0 Å². The van der Waals surface area contributed by atoms with Gasteiger partial charge in [0.25, 0.3) is 0 Å². The Morgan fingerprint density at radius 2 is 2.05 bits per heavy atom. The largest absolute Gasteiger partial charge is 0.325 e. The quantitative estimate of drug-likeness (QED) is 0.733. The topological polar surface area (TPSA) is 101 Å². The third kappa shape index (κ3) is 4.30. The molecule has 0 aliphatic carbocycles. The van der Waals surface area contributed by atoms with E-state index in [1.165, 1.54) is 0 Å². The van der Waals surface area contributed by atoms with Crippen LogP contribution in [0.5, 0.6) is 0 Å². The number of sulfonamides is 1. The SMILES string of the molecule is NS(=O)(=O)Cc1ccc(NC(=O)C2CCCN2)cc1. The molecule has 1 aliphatic heterocycles. The van der Waals surface area contributed by atoms with Crippen molar-refractivity contribution in [3.05, 3.63) is 29.8 Å². The minimum Gasteiger partial charge on any atom is -0.325 e. The fraction of sp³-hybridized carbons (Fsp3) is 0.417. The second-order valence-electron chi connectivity index (χ2n) is 4.64. The van der Waals surface area contributed by atoms with Gasteiger partial charge in [-0.15, -0.1) is 0 Å². The van der Waals surface area contributed by atoms with E-state index in [2.05, 4.69) is 10.6 Å². The molecule has 0 radical (unpaired) electrons. The Labute approximate surface area is 112 Å². The summed E-state index contributed by atoms with van der Waals surface area (Å²) in [5, 5.41) is 10.9. The van der Waals surface area contributed by atoms with Gasteiger partial charge in [0, 0.05) is 5.69 Å². The summed E-state index contributed by atoms with van der Waals surface area (Å²) < 4.78 is 21.9. The van der Waals surface area contributed by atoms with E-state index in [0.29, 0.717) is 11.3 Å². The molecule has 1 atom stereocenters. The Morgan fingerprint density at radius 3 is 2.58 bits per heavy atom. The van der Waals surface area contributed by atoms with E-state index in [9.17, 15) is 13.2 Å². The van der Waals surface area contributed by atoms with Gasteiger partial charge in [0.05, 0.1) is 11.8 Å². The lowest BCUT2D eigenvalue weighted by Gasteiger charge is -2.11. The number of anilines is 1. The van der Waals surface area contributed by atoms with Crippen LogP contribution < -0.4 is 15.8 Å². The Kier molecular flexibility index (Phi) is 4.18. The number of primary sulfonamides is 1. The minimum absolute atomic E-state index is 0.0586. The number of nitrogens with one attached hydrogen (secondary N) is 2. The zero-order valence-electron chi connectivity index (χ0n) is 10.4. The highest BCUT2D eigenvalue weighted by Gasteiger charge is 2.21. The summed E-state index contributed by atoms with van der Waals surface area (Å²) in [5.41, 5.74) is 1.25. The van der Waals surface area contributed by atoms with Crippen molar-refractivity contribution < 1.29 is 13.2 Å². The molecule has 1 aromatic rings. The molecule has 4 N–H and O–H groups in total. The molecule has 1 saturated heterocycles. The van der Waals surface area contributed by atoms with Crippen molar-refractivity contribution in [1.82, 2.24) is 5.32 Å². The first-order valence-corrected chi connectivity index (χ1v) is 7.79. The molecular weight excluding hydrogens is 266 g/mol. The molecule has 1 heterocycles. The van der Waals surface area contributed by atoms with Gasteiger partial charge in [0.1, 0.15) is 0 Å². The maximum atomic E-state index is 11.8. The molecule has 1 fully saturated rings. The zero-order chi connectivity index (χ0) is 13.9. The number of carbonyl (C=O) groups is 1. The van der Waals surface area contributed by atoms with E-state index >= 15 is 0 Å². The molecule has 0 bridgehead atoms. The number of amides is 1. The van der Waals surface area contributed by atoms with Crippen LogP contribution in [0.1, 0.15) is 18.4 Å². The van der Waals surface area contributed by atoms with Crippen LogP contribution >= 0.6 is 0 Å². The van der Waals surface area contributed by atoms with Crippen LogP contribution in [0.4, 0.5) is 5.69 Å². The maximum absolute atomic E-state index is 11.8. The van der Waals surface area contributed by atoms with Crippen molar-refractivity contribution in [2.45, 2.75) is 24.6 Å². The lowest BCUT2D eigenvalue weighted by molar-refractivity contribution is -0.117. The predicted octanol–water partition coefficient (Wildman–Crippen LogP) is 0.166. The predicted molar refractivity (Wildman–Crippen MR) is 72.9 cm³/mol. The summed E-state index contributed by atoms with van der Waals surface area (Å²) in [6, 6.07) is 6.49. The van der Waals surface area contributed by atoms with Gasteiger partial charge in [-0.1, -0.05) is 12.1 Å². The van der Waals surface area contributed by atoms with Crippen molar-refractivity contribution in [2.75, 3.05) is 11.9 Å². The number of hydrogen-bond donors (Lipinski definition) is 3. The number of hydrogen-bond acceptors (Lipinski definition) is 4. The average molecular weight is 283 g/mol. The first-order valence-electron chi connectivity index (χ1n) is 6.08. The molecule has 2 rings (SSSR count). The second kappa shape index (κ2) is 5.68. The molecule has 0 aromatic heterocycles. The van der Waals surface area contributed by atoms with Crippen LogP contribution in [-0.2, 0) is 20.6 Å². The summed E-state index contributed by atoms with van der Waals surface area (Å²) in [6.45, 7) is 0.866. The Hall–Kier alpha value is -1.44. The standard InChI is InChI=1S/C12H17N3O3S/c13-19(17,18)8-9-3-5-10(6-4-9)15-12(16)11-2-1-7-14-11/h3-6,11,14H,1-2,7-8H2,(H,15,16)(H2,13,17,18). The van der Waals surface area contributed by atoms with Crippen molar-refractivity contribution in [3.63, 3.8) is 0 Å². The van der Waals surface area contributed by atoms with Crippen molar-refractivity contribution in [3.8, 4) is 0 Å². The van der Waals surface area contributed by atoms with E-state index in [1.807, 2.05) is 0 Å². The molecule has 1 unspecified atom stereocenters. The molecule has 0 spiro atoms. The highest BCUT2D eigenvalue weighted by atomic mass is 32.2. The molecule has 0 saturated carbocycles. The number of rotatable bonds is 4. The Morgan fingerprint density at radius 1 is 1.37 bits per heavy atom. The highest BCUT2D eigenvalue weighted by molar-refractivity contribution is 7.88. The summed E-state index contributed by atoms with van der Waals surface area (Å²) in [5.74, 6) is -0.262. The highest BCUT2D eigenvalue weighted by Crippen LogP contribution is 2.13. The lowest BCUT2D eigenvalue weighted by Crippen LogP contribution is -2.35. The van der Waals surface area contributed by atoms with E-state index in [4.69, 9.17) is 5.14 Å². The maximum Gasteiger partial charge on any atom is 0.241 e. The summed E-state index contributed by atoms with van der Waals surface area (Å²) in [6.07, 6.45) is 1.85. The Balaban J connectivity index is 1.96. The van der Waals surface area contributed by atoms with Crippen LogP contribution in [0, 0.1) is 0 Å². The summed E-state index contributed by atoms with van der Waals surface area (Å²) >= 11 is 0. The average Bonchev–Trinajstić information content (AvgIpc) is 2.83. The third-order valence-electron chi connectivity index (χ3n) is 2.97. The van der Waals surface area contributed by atoms with Crippen molar-refractivity contribution in [1.29, 1.82) is 0 Å². The van der Waals surface area contributed by atoms with E-state index in [1.54, 1.807) is 24.3 Å².